The van der Waals surface area contributed by atoms with Gasteiger partial charge in [0.05, 0.1) is 6.10 Å². The van der Waals surface area contributed by atoms with E-state index in [9.17, 15) is 27.9 Å². The highest BCUT2D eigenvalue weighted by atomic mass is 32.1. The molecule has 0 aliphatic heterocycles. The summed E-state index contributed by atoms with van der Waals surface area (Å²) in [6.07, 6.45) is -5.23. The van der Waals surface area contributed by atoms with Gasteiger partial charge in [0.15, 0.2) is 0 Å². The van der Waals surface area contributed by atoms with Crippen molar-refractivity contribution in [3.8, 4) is 0 Å². The summed E-state index contributed by atoms with van der Waals surface area (Å²) in [6, 6.07) is 5.95. The first-order valence-electron chi connectivity index (χ1n) is 7.08. The first-order chi connectivity index (χ1) is 10.7. The minimum atomic E-state index is -4.94. The maximum absolute atomic E-state index is 12.3. The Morgan fingerprint density at radius 3 is 2.43 bits per heavy atom. The van der Waals surface area contributed by atoms with Crippen LogP contribution in [0.1, 0.15) is 41.1 Å². The van der Waals surface area contributed by atoms with Crippen molar-refractivity contribution in [1.82, 2.24) is 5.32 Å². The van der Waals surface area contributed by atoms with Crippen molar-refractivity contribution in [3.63, 3.8) is 0 Å². The van der Waals surface area contributed by atoms with Crippen molar-refractivity contribution < 1.29 is 27.9 Å². The molecule has 1 aliphatic rings. The van der Waals surface area contributed by atoms with Gasteiger partial charge in [0, 0.05) is 17.5 Å². The van der Waals surface area contributed by atoms with Gasteiger partial charge in [-0.2, -0.15) is 13.2 Å². The van der Waals surface area contributed by atoms with Crippen LogP contribution in [0.5, 0.6) is 0 Å². The van der Waals surface area contributed by atoms with Crippen LogP contribution < -0.4 is 5.32 Å². The molecule has 1 amide bonds. The second kappa shape index (κ2) is 6.92. The maximum atomic E-state index is 12.3. The topological polar surface area (TPSA) is 66.4 Å². The van der Waals surface area contributed by atoms with Crippen molar-refractivity contribution in [2.75, 3.05) is 0 Å². The van der Waals surface area contributed by atoms with Crippen LogP contribution in [0, 0.1) is 0 Å². The van der Waals surface area contributed by atoms with Gasteiger partial charge in [-0.05, 0) is 24.8 Å². The standard InChI is InChI=1S/C15H16F3NO3S/c16-15(17,18)14(22)19-8-5-6-10(12(20)7-8)9-3-1-2-4-11(9)13(21)23/h1-4,8,10,12,20H,5-7H2,(H,19,22)(H,21,23)/t8-,10-,12-/m1/s1. The lowest BCUT2D eigenvalue weighted by Crippen LogP contribution is -2.47. The number of aliphatic hydroxyl groups excluding tert-OH is 1. The van der Waals surface area contributed by atoms with Gasteiger partial charge in [-0.1, -0.05) is 24.3 Å². The quantitative estimate of drug-likeness (QED) is 0.736. The van der Waals surface area contributed by atoms with E-state index in [2.05, 4.69) is 12.6 Å². The van der Waals surface area contributed by atoms with Crippen molar-refractivity contribution >= 4 is 23.7 Å². The normalized spacial score (nSPS) is 25.0. The zero-order valence-corrected chi connectivity index (χ0v) is 12.9. The highest BCUT2D eigenvalue weighted by molar-refractivity contribution is 7.97. The summed E-state index contributed by atoms with van der Waals surface area (Å²) in [5.74, 6) is -2.37. The van der Waals surface area contributed by atoms with Gasteiger partial charge >= 0.3 is 12.1 Å². The predicted octanol–water partition coefficient (Wildman–Crippen LogP) is 2.43. The number of amides is 1. The van der Waals surface area contributed by atoms with Crippen molar-refractivity contribution in [2.24, 2.45) is 0 Å². The second-order valence-electron chi connectivity index (χ2n) is 5.55. The summed E-state index contributed by atoms with van der Waals surface area (Å²) in [5, 5.41) is 11.7. The average molecular weight is 347 g/mol. The molecule has 2 rings (SSSR count). The van der Waals surface area contributed by atoms with Gasteiger partial charge in [0.1, 0.15) is 0 Å². The molecule has 0 spiro atoms. The lowest BCUT2D eigenvalue weighted by Gasteiger charge is -2.34. The number of hydrogen-bond acceptors (Lipinski definition) is 3. The van der Waals surface area contributed by atoms with Gasteiger partial charge in [-0.25, -0.2) is 0 Å². The highest BCUT2D eigenvalue weighted by Gasteiger charge is 2.41. The van der Waals surface area contributed by atoms with Gasteiger partial charge in [-0.3, -0.25) is 9.59 Å². The summed E-state index contributed by atoms with van der Waals surface area (Å²) in [5.41, 5.74) is 0.998. The van der Waals surface area contributed by atoms with Crippen molar-refractivity contribution in [2.45, 2.75) is 43.5 Å². The fraction of sp³-hybridized carbons (Fsp3) is 0.467. The summed E-state index contributed by atoms with van der Waals surface area (Å²) in [4.78, 5) is 22.5. The smallest absolute Gasteiger partial charge is 0.392 e. The molecule has 1 fully saturated rings. The van der Waals surface area contributed by atoms with E-state index in [1.165, 1.54) is 0 Å². The number of rotatable bonds is 3. The molecule has 1 aromatic carbocycles. The minimum Gasteiger partial charge on any atom is -0.392 e. The molecule has 23 heavy (non-hydrogen) atoms. The van der Waals surface area contributed by atoms with Crippen molar-refractivity contribution in [1.29, 1.82) is 0 Å². The van der Waals surface area contributed by atoms with Crippen LogP contribution in [0.2, 0.25) is 0 Å². The van der Waals surface area contributed by atoms with Crippen molar-refractivity contribution in [3.05, 3.63) is 35.4 Å². The van der Waals surface area contributed by atoms with Crippen LogP contribution in [-0.4, -0.2) is 34.5 Å². The number of aliphatic hydroxyl groups is 1. The Labute approximate surface area is 136 Å². The van der Waals surface area contributed by atoms with Crippen LogP contribution >= 0.6 is 12.6 Å². The lowest BCUT2D eigenvalue weighted by molar-refractivity contribution is -0.174. The summed E-state index contributed by atoms with van der Waals surface area (Å²) >= 11 is 3.80. The number of carbonyl (C=O) groups is 2. The molecule has 1 aliphatic carbocycles. The fourth-order valence-corrected chi connectivity index (χ4v) is 3.13. The molecule has 8 heteroatoms. The number of hydrogen-bond donors (Lipinski definition) is 3. The molecule has 1 saturated carbocycles. The van der Waals surface area contributed by atoms with Crippen LogP contribution in [-0.2, 0) is 4.79 Å². The molecule has 0 heterocycles. The number of halogens is 3. The molecule has 3 atom stereocenters. The van der Waals surface area contributed by atoms with E-state index in [0.29, 0.717) is 24.0 Å². The molecule has 4 nitrogen and oxygen atoms in total. The van der Waals surface area contributed by atoms with E-state index in [4.69, 9.17) is 0 Å². The molecule has 0 radical (unpaired) electrons. The Balaban J connectivity index is 2.08. The number of benzene rings is 1. The summed E-state index contributed by atoms with van der Waals surface area (Å²) in [6.45, 7) is 0. The van der Waals surface area contributed by atoms with Gasteiger partial charge in [0.2, 0.25) is 5.12 Å². The second-order valence-corrected chi connectivity index (χ2v) is 5.95. The van der Waals surface area contributed by atoms with Gasteiger partial charge in [0.25, 0.3) is 0 Å². The Hall–Kier alpha value is -1.54. The summed E-state index contributed by atoms with van der Waals surface area (Å²) < 4.78 is 36.8. The van der Waals surface area contributed by atoms with Crippen LogP contribution in [0.25, 0.3) is 0 Å². The van der Waals surface area contributed by atoms with E-state index in [1.807, 2.05) is 5.32 Å². The van der Waals surface area contributed by atoms with E-state index < -0.39 is 29.3 Å². The predicted molar refractivity (Wildman–Crippen MR) is 80.3 cm³/mol. The molecule has 0 bridgehead atoms. The SMILES string of the molecule is O=C(S)c1ccccc1[C@H]1CC[C@@H](NC(=O)C(F)(F)F)C[C@H]1O. The van der Waals surface area contributed by atoms with E-state index in [-0.39, 0.29) is 12.3 Å². The van der Waals surface area contributed by atoms with Crippen LogP contribution in [0.4, 0.5) is 13.2 Å². The first-order valence-corrected chi connectivity index (χ1v) is 7.53. The number of carbonyl (C=O) groups excluding carboxylic acids is 2. The van der Waals surface area contributed by atoms with E-state index >= 15 is 0 Å². The molecule has 1 aromatic rings. The maximum Gasteiger partial charge on any atom is 0.471 e. The Morgan fingerprint density at radius 2 is 1.87 bits per heavy atom. The molecule has 0 aromatic heterocycles. The lowest BCUT2D eigenvalue weighted by atomic mass is 9.78. The van der Waals surface area contributed by atoms with Crippen LogP contribution in [0.15, 0.2) is 24.3 Å². The Bertz CT molecular complexity index is 606. The number of thiol groups is 1. The monoisotopic (exact) mass is 347 g/mol. The van der Waals surface area contributed by atoms with Crippen LogP contribution in [0.3, 0.4) is 0 Å². The van der Waals surface area contributed by atoms with Gasteiger partial charge < -0.3 is 10.4 Å². The fourth-order valence-electron chi connectivity index (χ4n) is 2.92. The zero-order chi connectivity index (χ0) is 17.2. The molecule has 2 N–H and O–H groups in total. The zero-order valence-electron chi connectivity index (χ0n) is 12.0. The number of alkyl halides is 3. The van der Waals surface area contributed by atoms with E-state index in [0.717, 1.165) is 0 Å². The third-order valence-corrected chi connectivity index (χ3v) is 4.24. The number of nitrogens with one attached hydrogen (secondary N) is 1. The third kappa shape index (κ3) is 4.26. The first kappa shape index (κ1) is 17.8. The molecular weight excluding hydrogens is 331 g/mol. The minimum absolute atomic E-state index is 0.00157. The average Bonchev–Trinajstić information content (AvgIpc) is 2.46. The molecule has 126 valence electrons. The van der Waals surface area contributed by atoms with E-state index in [1.54, 1.807) is 24.3 Å². The largest absolute Gasteiger partial charge is 0.471 e. The summed E-state index contributed by atoms with van der Waals surface area (Å²) in [7, 11) is 0. The highest BCUT2D eigenvalue weighted by Crippen LogP contribution is 2.35. The molecular formula is C15H16F3NO3S. The Morgan fingerprint density at radius 1 is 1.22 bits per heavy atom. The Kier molecular flexibility index (Phi) is 5.36. The van der Waals surface area contributed by atoms with Gasteiger partial charge in [-0.15, -0.1) is 12.6 Å². The molecule has 0 saturated heterocycles. The third-order valence-electron chi connectivity index (χ3n) is 4.00. The molecule has 0 unspecified atom stereocenters.